The highest BCUT2D eigenvalue weighted by Crippen LogP contribution is 2.28. The van der Waals surface area contributed by atoms with Crippen LogP contribution < -0.4 is 5.73 Å². The van der Waals surface area contributed by atoms with Gasteiger partial charge in [0, 0.05) is 19.2 Å². The van der Waals surface area contributed by atoms with E-state index in [1.54, 1.807) is 30.1 Å². The van der Waals surface area contributed by atoms with Crippen LogP contribution in [0.1, 0.15) is 38.8 Å². The molecule has 0 aliphatic heterocycles. The summed E-state index contributed by atoms with van der Waals surface area (Å²) in [5, 5.41) is 0. The quantitative estimate of drug-likeness (QED) is 0.890. The largest absolute Gasteiger partial charge is 0.338 e. The van der Waals surface area contributed by atoms with Crippen LogP contribution in [0, 0.1) is 11.2 Å². The van der Waals surface area contributed by atoms with E-state index in [1.165, 1.54) is 6.07 Å². The van der Waals surface area contributed by atoms with Crippen LogP contribution in [-0.4, -0.2) is 24.4 Å². The molecule has 0 saturated carbocycles. The molecule has 19 heavy (non-hydrogen) atoms. The summed E-state index contributed by atoms with van der Waals surface area (Å²) in [6, 6.07) is 6.21. The summed E-state index contributed by atoms with van der Waals surface area (Å²) in [6.45, 7) is 5.89. The zero-order valence-corrected chi connectivity index (χ0v) is 12.1. The number of nitrogens with zero attached hydrogens (tertiary/aromatic N) is 1. The van der Waals surface area contributed by atoms with Gasteiger partial charge in [-0.25, -0.2) is 4.39 Å². The standard InChI is InChI=1S/C15H23FN2O/c1-5-15(3,10-17)14(19)18(4)11(2)12-8-6-7-9-13(12)16/h6-9,11H,5,10,17H2,1-4H3. The number of carbonyl (C=O) groups is 1. The third-order valence-corrected chi connectivity index (χ3v) is 4.00. The second-order valence-electron chi connectivity index (χ2n) is 5.23. The molecule has 0 fully saturated rings. The molecule has 0 spiro atoms. The summed E-state index contributed by atoms with van der Waals surface area (Å²) in [6.07, 6.45) is 0.663. The maximum absolute atomic E-state index is 13.8. The number of carbonyl (C=O) groups excluding carboxylic acids is 1. The molecule has 1 rings (SSSR count). The highest BCUT2D eigenvalue weighted by Gasteiger charge is 2.34. The summed E-state index contributed by atoms with van der Waals surface area (Å²) in [5.41, 5.74) is 5.64. The predicted octanol–water partition coefficient (Wildman–Crippen LogP) is 2.72. The maximum atomic E-state index is 13.8. The third kappa shape index (κ3) is 3.13. The summed E-state index contributed by atoms with van der Waals surface area (Å²) < 4.78 is 13.8. The number of hydrogen-bond donors (Lipinski definition) is 1. The fourth-order valence-corrected chi connectivity index (χ4v) is 2.01. The molecule has 0 radical (unpaired) electrons. The Hall–Kier alpha value is -1.42. The van der Waals surface area contributed by atoms with Crippen LogP contribution in [0.3, 0.4) is 0 Å². The van der Waals surface area contributed by atoms with Gasteiger partial charge in [0.15, 0.2) is 0 Å². The normalized spacial score (nSPS) is 15.7. The lowest BCUT2D eigenvalue weighted by molar-refractivity contribution is -0.141. The SMILES string of the molecule is CCC(C)(CN)C(=O)N(C)C(C)c1ccccc1F. The molecule has 0 heterocycles. The molecule has 1 aromatic carbocycles. The van der Waals surface area contributed by atoms with Crippen molar-refractivity contribution in [1.82, 2.24) is 4.90 Å². The lowest BCUT2D eigenvalue weighted by Gasteiger charge is -2.34. The topological polar surface area (TPSA) is 46.3 Å². The number of nitrogens with two attached hydrogens (primary N) is 1. The van der Waals surface area contributed by atoms with Crippen molar-refractivity contribution in [3.05, 3.63) is 35.6 Å². The van der Waals surface area contributed by atoms with Crippen LogP contribution in [0.5, 0.6) is 0 Å². The average Bonchev–Trinajstić information content (AvgIpc) is 2.44. The fourth-order valence-electron chi connectivity index (χ4n) is 2.01. The van der Waals surface area contributed by atoms with E-state index in [-0.39, 0.29) is 24.3 Å². The smallest absolute Gasteiger partial charge is 0.230 e. The third-order valence-electron chi connectivity index (χ3n) is 4.00. The molecule has 1 amide bonds. The van der Waals surface area contributed by atoms with E-state index in [9.17, 15) is 9.18 Å². The Balaban J connectivity index is 2.98. The van der Waals surface area contributed by atoms with Crippen LogP contribution in [0.25, 0.3) is 0 Å². The van der Waals surface area contributed by atoms with Gasteiger partial charge in [-0.1, -0.05) is 25.1 Å². The molecule has 1 aromatic rings. The van der Waals surface area contributed by atoms with Gasteiger partial charge in [0.2, 0.25) is 5.91 Å². The summed E-state index contributed by atoms with van der Waals surface area (Å²) in [5.74, 6) is -0.339. The van der Waals surface area contributed by atoms with Crippen molar-refractivity contribution in [1.29, 1.82) is 0 Å². The van der Waals surface area contributed by atoms with Crippen LogP contribution >= 0.6 is 0 Å². The van der Waals surface area contributed by atoms with Gasteiger partial charge in [0.1, 0.15) is 5.82 Å². The molecular weight excluding hydrogens is 243 g/mol. The van der Waals surface area contributed by atoms with Gasteiger partial charge < -0.3 is 10.6 Å². The molecule has 2 unspecified atom stereocenters. The van der Waals surface area contributed by atoms with Crippen molar-refractivity contribution in [2.24, 2.45) is 11.1 Å². The summed E-state index contributed by atoms with van der Waals surface area (Å²) >= 11 is 0. The van der Waals surface area contributed by atoms with Crippen molar-refractivity contribution in [3.8, 4) is 0 Å². The van der Waals surface area contributed by atoms with Crippen LogP contribution in [0.2, 0.25) is 0 Å². The van der Waals surface area contributed by atoms with Gasteiger partial charge in [-0.2, -0.15) is 0 Å². The van der Waals surface area contributed by atoms with Gasteiger partial charge in [0.25, 0.3) is 0 Å². The van der Waals surface area contributed by atoms with Crippen molar-refractivity contribution in [2.75, 3.05) is 13.6 Å². The van der Waals surface area contributed by atoms with Crippen molar-refractivity contribution >= 4 is 5.91 Å². The first-order chi connectivity index (χ1) is 8.87. The molecule has 0 saturated heterocycles. The van der Waals surface area contributed by atoms with E-state index >= 15 is 0 Å². The number of benzene rings is 1. The van der Waals surface area contributed by atoms with E-state index in [2.05, 4.69) is 0 Å². The maximum Gasteiger partial charge on any atom is 0.230 e. The minimum absolute atomic E-state index is 0.0479. The van der Waals surface area contributed by atoms with Crippen molar-refractivity contribution in [2.45, 2.75) is 33.2 Å². The highest BCUT2D eigenvalue weighted by atomic mass is 19.1. The summed E-state index contributed by atoms with van der Waals surface area (Å²) in [7, 11) is 1.70. The number of rotatable bonds is 5. The van der Waals surface area contributed by atoms with E-state index in [4.69, 9.17) is 5.73 Å². The van der Waals surface area contributed by atoms with E-state index in [1.807, 2.05) is 20.8 Å². The Morgan fingerprint density at radius 3 is 2.53 bits per heavy atom. The zero-order chi connectivity index (χ0) is 14.6. The molecule has 106 valence electrons. The van der Waals surface area contributed by atoms with Gasteiger partial charge >= 0.3 is 0 Å². The Kier molecular flexibility index (Phi) is 5.06. The number of hydrogen-bond acceptors (Lipinski definition) is 2. The first-order valence-electron chi connectivity index (χ1n) is 6.59. The second kappa shape index (κ2) is 6.15. The molecule has 0 bridgehead atoms. The Morgan fingerprint density at radius 1 is 1.47 bits per heavy atom. The van der Waals surface area contributed by atoms with Gasteiger partial charge in [-0.3, -0.25) is 4.79 Å². The Bertz CT molecular complexity index is 444. The van der Waals surface area contributed by atoms with E-state index in [0.717, 1.165) is 0 Å². The molecular formula is C15H23FN2O. The number of halogens is 1. The van der Waals surface area contributed by atoms with Crippen molar-refractivity contribution < 1.29 is 9.18 Å². The van der Waals surface area contributed by atoms with Crippen molar-refractivity contribution in [3.63, 3.8) is 0 Å². The highest BCUT2D eigenvalue weighted by molar-refractivity contribution is 5.82. The minimum atomic E-state index is -0.589. The number of amides is 1. The molecule has 0 aliphatic carbocycles. The molecule has 2 atom stereocenters. The summed E-state index contributed by atoms with van der Waals surface area (Å²) in [4.78, 5) is 14.1. The lowest BCUT2D eigenvalue weighted by Crippen LogP contribution is -2.45. The molecule has 2 N–H and O–H groups in total. The van der Waals surface area contributed by atoms with E-state index < -0.39 is 5.41 Å². The first-order valence-corrected chi connectivity index (χ1v) is 6.59. The van der Waals surface area contributed by atoms with Gasteiger partial charge in [-0.15, -0.1) is 0 Å². The van der Waals surface area contributed by atoms with E-state index in [0.29, 0.717) is 12.0 Å². The average molecular weight is 266 g/mol. The minimum Gasteiger partial charge on any atom is -0.338 e. The van der Waals surface area contributed by atoms with Crippen LogP contribution in [-0.2, 0) is 4.79 Å². The molecule has 0 aromatic heterocycles. The molecule has 3 nitrogen and oxygen atoms in total. The lowest BCUT2D eigenvalue weighted by atomic mass is 9.85. The van der Waals surface area contributed by atoms with Gasteiger partial charge in [-0.05, 0) is 26.3 Å². The van der Waals surface area contributed by atoms with Crippen LogP contribution in [0.15, 0.2) is 24.3 Å². The van der Waals surface area contributed by atoms with Crippen LogP contribution in [0.4, 0.5) is 4.39 Å². The Morgan fingerprint density at radius 2 is 2.05 bits per heavy atom. The predicted molar refractivity (Wildman–Crippen MR) is 75.0 cm³/mol. The zero-order valence-electron chi connectivity index (χ0n) is 12.1. The van der Waals surface area contributed by atoms with Gasteiger partial charge in [0.05, 0.1) is 11.5 Å². The Labute approximate surface area is 114 Å². The fraction of sp³-hybridized carbons (Fsp3) is 0.533. The molecule has 4 heteroatoms. The monoisotopic (exact) mass is 266 g/mol. The second-order valence-corrected chi connectivity index (χ2v) is 5.23. The first kappa shape index (κ1) is 15.6. The molecule has 0 aliphatic rings.